The van der Waals surface area contributed by atoms with Gasteiger partial charge in [-0.15, -0.1) is 0 Å². The molecule has 1 aliphatic carbocycles. The van der Waals surface area contributed by atoms with Crippen molar-refractivity contribution in [3.05, 3.63) is 24.3 Å². The lowest BCUT2D eigenvalue weighted by Gasteiger charge is -2.38. The van der Waals surface area contributed by atoms with E-state index in [0.717, 1.165) is 30.7 Å². The highest BCUT2D eigenvalue weighted by molar-refractivity contribution is 5.97. The van der Waals surface area contributed by atoms with Crippen LogP contribution in [0.3, 0.4) is 0 Å². The zero-order valence-electron chi connectivity index (χ0n) is 13.1. The number of anilines is 1. The van der Waals surface area contributed by atoms with Crippen LogP contribution in [-0.2, 0) is 9.53 Å². The fraction of sp³-hybridized carbons (Fsp3) is 0.588. The number of amides is 1. The fourth-order valence-corrected chi connectivity index (χ4v) is 3.10. The number of nitrogens with one attached hydrogen (secondary N) is 1. The first-order valence-corrected chi connectivity index (χ1v) is 7.69. The van der Waals surface area contributed by atoms with E-state index in [-0.39, 0.29) is 5.91 Å². The quantitative estimate of drug-likeness (QED) is 0.901. The Kier molecular flexibility index (Phi) is 5.23. The zero-order chi connectivity index (χ0) is 15.3. The average molecular weight is 291 g/mol. The Balaban J connectivity index is 2.10. The first-order chi connectivity index (χ1) is 10.1. The van der Waals surface area contributed by atoms with Gasteiger partial charge in [-0.3, -0.25) is 4.79 Å². The normalized spacial score (nSPS) is 25.4. The molecule has 0 aromatic heterocycles. The highest BCUT2D eigenvalue weighted by Crippen LogP contribution is 2.36. The third kappa shape index (κ3) is 3.76. The Morgan fingerprint density at radius 2 is 2.10 bits per heavy atom. The molecule has 4 heteroatoms. The van der Waals surface area contributed by atoms with Crippen molar-refractivity contribution in [1.82, 2.24) is 0 Å². The highest BCUT2D eigenvalue weighted by atomic mass is 16.5. The van der Waals surface area contributed by atoms with Crippen molar-refractivity contribution >= 4 is 11.6 Å². The van der Waals surface area contributed by atoms with Crippen molar-refractivity contribution in [2.45, 2.75) is 45.1 Å². The predicted molar refractivity (Wildman–Crippen MR) is 83.6 cm³/mol. The average Bonchev–Trinajstić information content (AvgIpc) is 2.48. The molecule has 21 heavy (non-hydrogen) atoms. The van der Waals surface area contributed by atoms with Gasteiger partial charge >= 0.3 is 0 Å². The van der Waals surface area contributed by atoms with Crippen LogP contribution in [0.2, 0.25) is 0 Å². The molecule has 0 heterocycles. The first-order valence-electron chi connectivity index (χ1n) is 7.69. The van der Waals surface area contributed by atoms with Crippen LogP contribution in [0.5, 0.6) is 5.75 Å². The molecule has 0 bridgehead atoms. The van der Waals surface area contributed by atoms with Crippen LogP contribution >= 0.6 is 0 Å². The molecule has 1 saturated carbocycles. The maximum absolute atomic E-state index is 12.7. The SMILES string of the molecule is CCOC1(C(=O)Nc2ccc(OC)cc2)CCCC(C)C1. The van der Waals surface area contributed by atoms with Gasteiger partial charge in [0.2, 0.25) is 0 Å². The van der Waals surface area contributed by atoms with E-state index < -0.39 is 5.60 Å². The van der Waals surface area contributed by atoms with Crippen LogP contribution in [0.4, 0.5) is 5.69 Å². The smallest absolute Gasteiger partial charge is 0.256 e. The summed E-state index contributed by atoms with van der Waals surface area (Å²) in [7, 11) is 1.63. The molecule has 1 aromatic carbocycles. The second-order valence-corrected chi connectivity index (χ2v) is 5.81. The third-order valence-electron chi connectivity index (χ3n) is 4.14. The number of benzene rings is 1. The van der Waals surface area contributed by atoms with Crippen LogP contribution in [0, 0.1) is 5.92 Å². The Morgan fingerprint density at radius 1 is 1.38 bits per heavy atom. The molecule has 2 rings (SSSR count). The van der Waals surface area contributed by atoms with Crippen molar-refractivity contribution in [2.24, 2.45) is 5.92 Å². The minimum Gasteiger partial charge on any atom is -0.497 e. The molecular formula is C17H25NO3. The summed E-state index contributed by atoms with van der Waals surface area (Å²) in [5.41, 5.74) is 0.102. The second kappa shape index (κ2) is 6.94. The van der Waals surface area contributed by atoms with E-state index in [2.05, 4.69) is 12.2 Å². The lowest BCUT2D eigenvalue weighted by atomic mass is 9.78. The standard InChI is InChI=1S/C17H25NO3/c1-4-21-17(11-5-6-13(2)12-17)16(19)18-14-7-9-15(20-3)10-8-14/h7-10,13H,4-6,11-12H2,1-3H3,(H,18,19). The summed E-state index contributed by atoms with van der Waals surface area (Å²) < 4.78 is 11.0. The lowest BCUT2D eigenvalue weighted by molar-refractivity contribution is -0.147. The largest absolute Gasteiger partial charge is 0.497 e. The lowest BCUT2D eigenvalue weighted by Crippen LogP contribution is -2.48. The predicted octanol–water partition coefficient (Wildman–Crippen LogP) is 3.62. The fourth-order valence-electron chi connectivity index (χ4n) is 3.10. The van der Waals surface area contributed by atoms with E-state index in [1.54, 1.807) is 7.11 Å². The summed E-state index contributed by atoms with van der Waals surface area (Å²) in [6.45, 7) is 4.69. The van der Waals surface area contributed by atoms with Gasteiger partial charge in [-0.25, -0.2) is 0 Å². The van der Waals surface area contributed by atoms with Crippen molar-refractivity contribution < 1.29 is 14.3 Å². The molecule has 1 fully saturated rings. The number of ether oxygens (including phenoxy) is 2. The van der Waals surface area contributed by atoms with Crippen molar-refractivity contribution in [1.29, 1.82) is 0 Å². The van der Waals surface area contributed by atoms with Crippen LogP contribution in [0.1, 0.15) is 39.5 Å². The zero-order valence-corrected chi connectivity index (χ0v) is 13.1. The number of hydrogen-bond acceptors (Lipinski definition) is 3. The van der Waals surface area contributed by atoms with Crippen molar-refractivity contribution in [3.63, 3.8) is 0 Å². The van der Waals surface area contributed by atoms with E-state index >= 15 is 0 Å². The summed E-state index contributed by atoms with van der Waals surface area (Å²) in [5.74, 6) is 1.27. The number of hydrogen-bond donors (Lipinski definition) is 1. The molecule has 4 nitrogen and oxygen atoms in total. The molecular weight excluding hydrogens is 266 g/mol. The molecule has 0 radical (unpaired) electrons. The Morgan fingerprint density at radius 3 is 2.67 bits per heavy atom. The van der Waals surface area contributed by atoms with Gasteiger partial charge in [0.25, 0.3) is 5.91 Å². The van der Waals surface area contributed by atoms with Gasteiger partial charge < -0.3 is 14.8 Å². The first kappa shape index (κ1) is 15.8. The maximum Gasteiger partial charge on any atom is 0.256 e. The van der Waals surface area contributed by atoms with Gasteiger partial charge in [-0.05, 0) is 56.4 Å². The van der Waals surface area contributed by atoms with Gasteiger partial charge in [0.15, 0.2) is 0 Å². The van der Waals surface area contributed by atoms with Gasteiger partial charge in [0.1, 0.15) is 11.4 Å². The highest BCUT2D eigenvalue weighted by Gasteiger charge is 2.42. The van der Waals surface area contributed by atoms with E-state index in [0.29, 0.717) is 12.5 Å². The number of rotatable bonds is 5. The molecule has 2 atom stereocenters. The van der Waals surface area contributed by atoms with Crippen LogP contribution in [0.15, 0.2) is 24.3 Å². The van der Waals surface area contributed by atoms with E-state index in [9.17, 15) is 4.79 Å². The Labute approximate surface area is 126 Å². The number of methoxy groups -OCH3 is 1. The van der Waals surface area contributed by atoms with Crippen molar-refractivity contribution in [2.75, 3.05) is 19.0 Å². The topological polar surface area (TPSA) is 47.6 Å². The monoisotopic (exact) mass is 291 g/mol. The minimum absolute atomic E-state index is 0.0268. The van der Waals surface area contributed by atoms with Crippen molar-refractivity contribution in [3.8, 4) is 5.75 Å². The van der Waals surface area contributed by atoms with Crippen LogP contribution in [0.25, 0.3) is 0 Å². The molecule has 116 valence electrons. The molecule has 1 amide bonds. The molecule has 0 aliphatic heterocycles. The van der Waals surface area contributed by atoms with Crippen LogP contribution < -0.4 is 10.1 Å². The summed E-state index contributed by atoms with van der Waals surface area (Å²) in [6.07, 6.45) is 3.80. The Hall–Kier alpha value is -1.55. The molecule has 1 N–H and O–H groups in total. The summed E-state index contributed by atoms with van der Waals surface area (Å²) in [6, 6.07) is 7.38. The maximum atomic E-state index is 12.7. The molecule has 2 unspecified atom stereocenters. The summed E-state index contributed by atoms with van der Waals surface area (Å²) in [4.78, 5) is 12.7. The van der Waals surface area contributed by atoms with Gasteiger partial charge in [0.05, 0.1) is 7.11 Å². The number of carbonyl (C=O) groups excluding carboxylic acids is 1. The molecule has 1 aliphatic rings. The molecule has 0 spiro atoms. The van der Waals surface area contributed by atoms with Gasteiger partial charge in [0, 0.05) is 12.3 Å². The number of carbonyl (C=O) groups is 1. The second-order valence-electron chi connectivity index (χ2n) is 5.81. The van der Waals surface area contributed by atoms with E-state index in [4.69, 9.17) is 9.47 Å². The van der Waals surface area contributed by atoms with E-state index in [1.165, 1.54) is 6.42 Å². The summed E-state index contributed by atoms with van der Waals surface area (Å²) in [5, 5.41) is 2.99. The molecule has 1 aromatic rings. The summed E-state index contributed by atoms with van der Waals surface area (Å²) >= 11 is 0. The van der Waals surface area contributed by atoms with E-state index in [1.807, 2.05) is 31.2 Å². The van der Waals surface area contributed by atoms with Gasteiger partial charge in [-0.2, -0.15) is 0 Å². The molecule has 0 saturated heterocycles. The van der Waals surface area contributed by atoms with Crippen LogP contribution in [-0.4, -0.2) is 25.2 Å². The Bertz CT molecular complexity index is 467. The third-order valence-corrected chi connectivity index (χ3v) is 4.14. The van der Waals surface area contributed by atoms with Gasteiger partial charge in [-0.1, -0.05) is 13.3 Å². The minimum atomic E-state index is -0.674.